The first kappa shape index (κ1) is 20.0. The molecule has 0 bridgehead atoms. The van der Waals surface area contributed by atoms with Crippen molar-refractivity contribution in [3.8, 4) is 11.3 Å². The van der Waals surface area contributed by atoms with Crippen LogP contribution in [0.5, 0.6) is 0 Å². The molecule has 0 saturated heterocycles. The minimum atomic E-state index is -4.54. The number of alkyl halides is 3. The summed E-state index contributed by atoms with van der Waals surface area (Å²) in [6.45, 7) is 4.24. The van der Waals surface area contributed by atoms with Gasteiger partial charge in [0.1, 0.15) is 0 Å². The Balaban J connectivity index is 2.03. The summed E-state index contributed by atoms with van der Waals surface area (Å²) in [7, 11) is 0. The number of aliphatic hydroxyl groups excluding tert-OH is 1. The summed E-state index contributed by atoms with van der Waals surface area (Å²) in [5, 5.41) is 15.4. The topological polar surface area (TPSA) is 75.4 Å². The van der Waals surface area contributed by atoms with Gasteiger partial charge in [0.15, 0.2) is 11.5 Å². The smallest absolute Gasteiger partial charge is 0.396 e. The molecule has 0 saturated carbocycles. The fraction of sp³-hybridized carbons (Fsp3) is 0.444. The number of hydrogen-bond donors (Lipinski definition) is 2. The Morgan fingerprint density at radius 3 is 2.62 bits per heavy atom. The number of amides is 1. The summed E-state index contributed by atoms with van der Waals surface area (Å²) in [5.74, 6) is -0.643. The Hall–Kier alpha value is -2.35. The number of carbonyl (C=O) groups is 1. The molecule has 0 aliphatic heterocycles. The van der Waals surface area contributed by atoms with Gasteiger partial charge in [0.2, 0.25) is 0 Å². The van der Waals surface area contributed by atoms with Crippen molar-refractivity contribution in [3.63, 3.8) is 0 Å². The molecule has 142 valence electrons. The lowest BCUT2D eigenvalue weighted by molar-refractivity contribution is -0.137. The SMILES string of the molecule is CC(C)(CO)CCCNC(=O)c1cc(-c2ccccc2C(F)(F)F)on1. The fourth-order valence-corrected chi connectivity index (χ4v) is 2.39. The molecule has 2 N–H and O–H groups in total. The molecule has 1 aromatic carbocycles. The molecular weight excluding hydrogens is 349 g/mol. The van der Waals surface area contributed by atoms with E-state index < -0.39 is 17.6 Å². The number of carbonyl (C=O) groups excluding carboxylic acids is 1. The molecule has 26 heavy (non-hydrogen) atoms. The van der Waals surface area contributed by atoms with Crippen LogP contribution in [-0.4, -0.2) is 29.3 Å². The molecule has 0 aliphatic rings. The van der Waals surface area contributed by atoms with Crippen LogP contribution in [0.3, 0.4) is 0 Å². The molecule has 5 nitrogen and oxygen atoms in total. The fourth-order valence-electron chi connectivity index (χ4n) is 2.39. The van der Waals surface area contributed by atoms with Crippen molar-refractivity contribution in [2.75, 3.05) is 13.2 Å². The van der Waals surface area contributed by atoms with Gasteiger partial charge in [-0.1, -0.05) is 37.2 Å². The molecule has 0 radical (unpaired) electrons. The Bertz CT molecular complexity index is 754. The summed E-state index contributed by atoms with van der Waals surface area (Å²) in [5.41, 5.74) is -1.34. The van der Waals surface area contributed by atoms with Gasteiger partial charge in [-0.15, -0.1) is 0 Å². The van der Waals surface area contributed by atoms with Crippen molar-refractivity contribution >= 4 is 5.91 Å². The van der Waals surface area contributed by atoms with Crippen LogP contribution in [0, 0.1) is 5.41 Å². The molecule has 2 aromatic rings. The zero-order valence-electron chi connectivity index (χ0n) is 14.6. The maximum absolute atomic E-state index is 13.1. The average Bonchev–Trinajstić information content (AvgIpc) is 3.08. The molecule has 0 atom stereocenters. The average molecular weight is 370 g/mol. The van der Waals surface area contributed by atoms with Gasteiger partial charge in [-0.2, -0.15) is 13.2 Å². The van der Waals surface area contributed by atoms with Crippen LogP contribution in [0.15, 0.2) is 34.9 Å². The Labute approximate surface area is 149 Å². The summed E-state index contributed by atoms with van der Waals surface area (Å²) in [4.78, 5) is 12.1. The number of nitrogens with one attached hydrogen (secondary N) is 1. The number of hydrogen-bond acceptors (Lipinski definition) is 4. The van der Waals surface area contributed by atoms with Crippen molar-refractivity contribution in [3.05, 3.63) is 41.6 Å². The van der Waals surface area contributed by atoms with Crippen LogP contribution in [-0.2, 0) is 6.18 Å². The summed E-state index contributed by atoms with van der Waals surface area (Å²) < 4.78 is 44.2. The molecular formula is C18H21F3N2O3. The van der Waals surface area contributed by atoms with Crippen LogP contribution in [0.25, 0.3) is 11.3 Å². The first-order valence-corrected chi connectivity index (χ1v) is 8.16. The highest BCUT2D eigenvalue weighted by molar-refractivity contribution is 5.93. The molecule has 0 fully saturated rings. The highest BCUT2D eigenvalue weighted by Crippen LogP contribution is 2.37. The van der Waals surface area contributed by atoms with E-state index in [2.05, 4.69) is 10.5 Å². The third-order valence-electron chi connectivity index (χ3n) is 3.98. The predicted molar refractivity (Wildman–Crippen MR) is 89.4 cm³/mol. The van der Waals surface area contributed by atoms with Crippen molar-refractivity contribution in [1.82, 2.24) is 10.5 Å². The maximum Gasteiger partial charge on any atom is 0.417 e. The van der Waals surface area contributed by atoms with Crippen LogP contribution >= 0.6 is 0 Å². The monoisotopic (exact) mass is 370 g/mol. The van der Waals surface area contributed by atoms with E-state index in [1.807, 2.05) is 13.8 Å². The lowest BCUT2D eigenvalue weighted by atomic mass is 9.89. The molecule has 1 heterocycles. The second-order valence-corrected chi connectivity index (χ2v) is 6.80. The molecule has 0 spiro atoms. The second-order valence-electron chi connectivity index (χ2n) is 6.80. The van der Waals surface area contributed by atoms with E-state index in [1.165, 1.54) is 24.3 Å². The summed E-state index contributed by atoms with van der Waals surface area (Å²) >= 11 is 0. The van der Waals surface area contributed by atoms with E-state index in [0.717, 1.165) is 6.07 Å². The zero-order valence-corrected chi connectivity index (χ0v) is 14.6. The van der Waals surface area contributed by atoms with Crippen molar-refractivity contribution in [1.29, 1.82) is 0 Å². The first-order chi connectivity index (χ1) is 12.1. The normalized spacial score (nSPS) is 12.2. The van der Waals surface area contributed by atoms with E-state index in [1.54, 1.807) is 0 Å². The second kappa shape index (κ2) is 7.90. The molecule has 1 aromatic heterocycles. The van der Waals surface area contributed by atoms with Crippen molar-refractivity contribution in [2.24, 2.45) is 5.41 Å². The van der Waals surface area contributed by atoms with Gasteiger partial charge in [0.05, 0.1) is 5.56 Å². The lowest BCUT2D eigenvalue weighted by Crippen LogP contribution is -2.26. The van der Waals surface area contributed by atoms with Gasteiger partial charge in [0.25, 0.3) is 5.91 Å². The van der Waals surface area contributed by atoms with E-state index >= 15 is 0 Å². The summed E-state index contributed by atoms with van der Waals surface area (Å²) in [6.07, 6.45) is -3.17. The highest BCUT2D eigenvalue weighted by atomic mass is 19.4. The van der Waals surface area contributed by atoms with E-state index in [0.29, 0.717) is 19.4 Å². The van der Waals surface area contributed by atoms with Gasteiger partial charge >= 0.3 is 6.18 Å². The van der Waals surface area contributed by atoms with Gasteiger partial charge in [-0.25, -0.2) is 0 Å². The molecule has 0 aliphatic carbocycles. The van der Waals surface area contributed by atoms with Crippen LogP contribution in [0.2, 0.25) is 0 Å². The zero-order chi connectivity index (χ0) is 19.4. The number of halogens is 3. The Morgan fingerprint density at radius 2 is 1.96 bits per heavy atom. The summed E-state index contributed by atoms with van der Waals surface area (Å²) in [6, 6.07) is 6.14. The van der Waals surface area contributed by atoms with Gasteiger partial charge in [-0.3, -0.25) is 4.79 Å². The molecule has 8 heteroatoms. The minimum absolute atomic E-state index is 0.0478. The maximum atomic E-state index is 13.1. The largest absolute Gasteiger partial charge is 0.417 e. The van der Waals surface area contributed by atoms with Crippen LogP contribution < -0.4 is 5.32 Å². The third kappa shape index (κ3) is 5.08. The van der Waals surface area contributed by atoms with Crippen LogP contribution in [0.1, 0.15) is 42.7 Å². The quantitative estimate of drug-likeness (QED) is 0.725. The molecule has 2 rings (SSSR count). The van der Waals surface area contributed by atoms with E-state index in [9.17, 15) is 23.1 Å². The lowest BCUT2D eigenvalue weighted by Gasteiger charge is -2.20. The number of aliphatic hydroxyl groups is 1. The number of nitrogens with zero attached hydrogens (tertiary/aromatic N) is 1. The van der Waals surface area contributed by atoms with Crippen molar-refractivity contribution in [2.45, 2.75) is 32.9 Å². The van der Waals surface area contributed by atoms with E-state index in [-0.39, 0.29) is 29.0 Å². The number of rotatable bonds is 7. The Morgan fingerprint density at radius 1 is 1.27 bits per heavy atom. The minimum Gasteiger partial charge on any atom is -0.396 e. The number of aromatic nitrogens is 1. The highest BCUT2D eigenvalue weighted by Gasteiger charge is 2.34. The standard InChI is InChI=1S/C18H21F3N2O3/c1-17(2,11-24)8-5-9-22-16(25)14-10-15(26-23-14)12-6-3-4-7-13(12)18(19,20)21/h3-4,6-7,10,24H,5,8-9,11H2,1-2H3,(H,22,25). The van der Waals surface area contributed by atoms with Gasteiger partial charge in [-0.05, 0) is 24.3 Å². The van der Waals surface area contributed by atoms with Crippen molar-refractivity contribution < 1.29 is 27.6 Å². The molecule has 0 unspecified atom stereocenters. The van der Waals surface area contributed by atoms with Gasteiger partial charge < -0.3 is 14.9 Å². The predicted octanol–water partition coefficient (Wildman–Crippen LogP) is 3.89. The van der Waals surface area contributed by atoms with E-state index in [4.69, 9.17) is 4.52 Å². The molecule has 1 amide bonds. The Kier molecular flexibility index (Phi) is 6.07. The van der Waals surface area contributed by atoms with Gasteiger partial charge in [0, 0.05) is 24.8 Å². The number of benzene rings is 1. The van der Waals surface area contributed by atoms with Crippen LogP contribution in [0.4, 0.5) is 13.2 Å². The third-order valence-corrected chi connectivity index (χ3v) is 3.98. The first-order valence-electron chi connectivity index (χ1n) is 8.16.